The van der Waals surface area contributed by atoms with E-state index in [9.17, 15) is 14.7 Å². The van der Waals surface area contributed by atoms with Crippen LogP contribution in [0.15, 0.2) is 42.6 Å². The molecule has 0 bridgehead atoms. The molecule has 1 aliphatic rings. The minimum absolute atomic E-state index is 0.0857. The lowest BCUT2D eigenvalue weighted by molar-refractivity contribution is -0.169. The number of hydrogen-bond donors (Lipinski definition) is 2. The van der Waals surface area contributed by atoms with E-state index < -0.39 is 42.0 Å². The van der Waals surface area contributed by atoms with Crippen molar-refractivity contribution in [2.45, 2.75) is 57.6 Å². The van der Waals surface area contributed by atoms with E-state index in [-0.39, 0.29) is 24.7 Å². The quantitative estimate of drug-likeness (QED) is 0.372. The van der Waals surface area contributed by atoms with Crippen molar-refractivity contribution in [2.24, 2.45) is 0 Å². The van der Waals surface area contributed by atoms with Gasteiger partial charge in [0.1, 0.15) is 18.3 Å². The number of unbranched alkanes of at least 4 members (excludes halogenated alkanes) is 1. The Morgan fingerprint density at radius 2 is 1.97 bits per heavy atom. The van der Waals surface area contributed by atoms with E-state index >= 15 is 0 Å². The molecule has 1 amide bonds. The van der Waals surface area contributed by atoms with Gasteiger partial charge in [-0.1, -0.05) is 43.7 Å². The summed E-state index contributed by atoms with van der Waals surface area (Å²) in [4.78, 5) is 29.6. The Balaban J connectivity index is 1.73. The van der Waals surface area contributed by atoms with Crippen LogP contribution in [-0.2, 0) is 30.3 Å². The number of amides is 1. The fraction of sp³-hybridized carbons (Fsp3) is 0.500. The number of esters is 1. The Hall–Kier alpha value is -3.21. The molecular formula is C26H34N2O8. The van der Waals surface area contributed by atoms with E-state index in [2.05, 4.69) is 17.2 Å². The summed E-state index contributed by atoms with van der Waals surface area (Å²) in [5.74, 6) is -1.80. The molecule has 0 saturated carbocycles. The number of ether oxygens (including phenoxy) is 5. The number of rotatable bonds is 10. The number of cyclic esters (lactones) is 1. The fourth-order valence-electron chi connectivity index (χ4n) is 3.73. The zero-order valence-electron chi connectivity index (χ0n) is 20.8. The van der Waals surface area contributed by atoms with Crippen LogP contribution < -0.4 is 10.1 Å². The van der Waals surface area contributed by atoms with Crippen LogP contribution in [-0.4, -0.2) is 73.3 Å². The molecule has 1 aliphatic heterocycles. The van der Waals surface area contributed by atoms with Crippen LogP contribution >= 0.6 is 0 Å². The summed E-state index contributed by atoms with van der Waals surface area (Å²) >= 11 is 0. The molecule has 2 N–H and O–H groups in total. The van der Waals surface area contributed by atoms with Gasteiger partial charge in [0.25, 0.3) is 5.91 Å². The molecule has 0 radical (unpaired) electrons. The van der Waals surface area contributed by atoms with Gasteiger partial charge in [0.05, 0.1) is 26.9 Å². The number of hydrogen-bond acceptors (Lipinski definition) is 9. The van der Waals surface area contributed by atoms with Gasteiger partial charge in [-0.25, -0.2) is 9.78 Å². The first-order valence-corrected chi connectivity index (χ1v) is 12.0. The van der Waals surface area contributed by atoms with Gasteiger partial charge in [0.2, 0.25) is 0 Å². The van der Waals surface area contributed by atoms with Crippen LogP contribution in [0.3, 0.4) is 0 Å². The van der Waals surface area contributed by atoms with Gasteiger partial charge >= 0.3 is 5.97 Å². The van der Waals surface area contributed by atoms with E-state index in [1.165, 1.54) is 19.4 Å². The van der Waals surface area contributed by atoms with Gasteiger partial charge in [0, 0.05) is 18.9 Å². The van der Waals surface area contributed by atoms with Crippen molar-refractivity contribution in [1.82, 2.24) is 10.3 Å². The van der Waals surface area contributed by atoms with Gasteiger partial charge in [-0.2, -0.15) is 0 Å². The molecule has 4 atom stereocenters. The van der Waals surface area contributed by atoms with E-state index in [0.717, 1.165) is 18.4 Å². The monoisotopic (exact) mass is 502 g/mol. The molecule has 10 heteroatoms. The number of carbonyl (C=O) groups excluding carboxylic acids is 2. The Labute approximate surface area is 210 Å². The second-order valence-corrected chi connectivity index (χ2v) is 8.44. The Morgan fingerprint density at radius 3 is 2.69 bits per heavy atom. The number of nitrogens with zero attached hydrogens (tertiary/aromatic N) is 1. The molecule has 1 saturated heterocycles. The summed E-state index contributed by atoms with van der Waals surface area (Å²) in [7, 11) is 1.36. The topological polar surface area (TPSA) is 125 Å². The average molecular weight is 503 g/mol. The highest BCUT2D eigenvalue weighted by Gasteiger charge is 2.36. The molecule has 1 fully saturated rings. The van der Waals surface area contributed by atoms with Crippen molar-refractivity contribution in [2.75, 3.05) is 26.9 Å². The molecule has 196 valence electrons. The molecule has 10 nitrogen and oxygen atoms in total. The Bertz CT molecular complexity index is 987. The van der Waals surface area contributed by atoms with Gasteiger partial charge in [0.15, 0.2) is 23.2 Å². The van der Waals surface area contributed by atoms with E-state index in [1.807, 2.05) is 30.3 Å². The van der Waals surface area contributed by atoms with Crippen LogP contribution in [0, 0.1) is 0 Å². The van der Waals surface area contributed by atoms with Crippen molar-refractivity contribution in [1.29, 1.82) is 0 Å². The number of methoxy groups -OCH3 is 1. The molecule has 1 aromatic carbocycles. The molecule has 0 aliphatic carbocycles. The summed E-state index contributed by atoms with van der Waals surface area (Å²) in [5, 5.41) is 12.8. The summed E-state index contributed by atoms with van der Waals surface area (Å²) < 4.78 is 28.7. The molecule has 2 heterocycles. The zero-order chi connectivity index (χ0) is 25.9. The number of nitrogens with one attached hydrogen (secondary N) is 1. The average Bonchev–Trinajstić information content (AvgIpc) is 2.92. The van der Waals surface area contributed by atoms with Gasteiger partial charge in [-0.15, -0.1) is 0 Å². The number of aromatic hydroxyl groups is 1. The first kappa shape index (κ1) is 27.4. The highest BCUT2D eigenvalue weighted by atomic mass is 16.6. The molecule has 1 aromatic heterocycles. The highest BCUT2D eigenvalue weighted by molar-refractivity contribution is 5.98. The maximum absolute atomic E-state index is 13.0. The summed E-state index contributed by atoms with van der Waals surface area (Å²) in [6.07, 6.45) is 1.39. The minimum atomic E-state index is -1.13. The lowest BCUT2D eigenvalue weighted by Crippen LogP contribution is -2.47. The number of benzene rings is 1. The first-order chi connectivity index (χ1) is 17.4. The molecule has 3 rings (SSSR count). The molecule has 0 spiro atoms. The van der Waals surface area contributed by atoms with Crippen LogP contribution in [0.25, 0.3) is 0 Å². The summed E-state index contributed by atoms with van der Waals surface area (Å²) in [6, 6.07) is 9.95. The third-order valence-corrected chi connectivity index (χ3v) is 5.72. The van der Waals surface area contributed by atoms with Crippen molar-refractivity contribution in [3.05, 3.63) is 53.9 Å². The van der Waals surface area contributed by atoms with E-state index in [4.69, 9.17) is 23.7 Å². The van der Waals surface area contributed by atoms with Crippen molar-refractivity contribution >= 4 is 11.9 Å². The second-order valence-electron chi connectivity index (χ2n) is 8.44. The maximum atomic E-state index is 13.0. The van der Waals surface area contributed by atoms with E-state index in [1.54, 1.807) is 6.92 Å². The summed E-state index contributed by atoms with van der Waals surface area (Å²) in [5.41, 5.74) is 0.694. The van der Waals surface area contributed by atoms with E-state index in [0.29, 0.717) is 13.2 Å². The number of aromatic nitrogens is 1. The van der Waals surface area contributed by atoms with Crippen molar-refractivity contribution in [3.8, 4) is 11.5 Å². The van der Waals surface area contributed by atoms with Crippen LogP contribution in [0.4, 0.5) is 0 Å². The molecule has 2 aromatic rings. The minimum Gasteiger partial charge on any atom is -0.503 e. The molecule has 36 heavy (non-hydrogen) atoms. The third-order valence-electron chi connectivity index (χ3n) is 5.72. The van der Waals surface area contributed by atoms with Crippen molar-refractivity contribution in [3.63, 3.8) is 0 Å². The largest absolute Gasteiger partial charge is 0.503 e. The lowest BCUT2D eigenvalue weighted by atomic mass is 10.1. The third kappa shape index (κ3) is 7.39. The predicted molar refractivity (Wildman–Crippen MR) is 130 cm³/mol. The van der Waals surface area contributed by atoms with Gasteiger partial charge < -0.3 is 34.1 Å². The highest BCUT2D eigenvalue weighted by Crippen LogP contribution is 2.27. The molecular weight excluding hydrogens is 468 g/mol. The fourth-order valence-corrected chi connectivity index (χ4v) is 3.73. The van der Waals surface area contributed by atoms with Gasteiger partial charge in [-0.3, -0.25) is 4.79 Å². The smallest absolute Gasteiger partial charge is 0.331 e. The zero-order valence-corrected chi connectivity index (χ0v) is 20.8. The van der Waals surface area contributed by atoms with Crippen molar-refractivity contribution < 1.29 is 38.4 Å². The van der Waals surface area contributed by atoms with Crippen LogP contribution in [0.5, 0.6) is 11.5 Å². The Morgan fingerprint density at radius 1 is 1.19 bits per heavy atom. The summed E-state index contributed by atoms with van der Waals surface area (Å²) in [6.45, 7) is 4.60. The number of carbonyl (C=O) groups is 2. The van der Waals surface area contributed by atoms with Gasteiger partial charge in [-0.05, 0) is 18.9 Å². The first-order valence-electron chi connectivity index (χ1n) is 12.0. The maximum Gasteiger partial charge on any atom is 0.331 e. The lowest BCUT2D eigenvalue weighted by Gasteiger charge is -2.30. The number of pyridine rings is 1. The van der Waals surface area contributed by atoms with Crippen LogP contribution in [0.2, 0.25) is 0 Å². The van der Waals surface area contributed by atoms with Crippen LogP contribution in [0.1, 0.15) is 42.7 Å². The SMILES string of the molecule is CCCCO[C@H]1COC[C@H](NC(=O)c2nccc(OC)c2O)C(=O)O[C@@H](C)[C@@H]1OCc1ccccc1. The standard InChI is InChI=1S/C26H34N2O8/c1-4-5-13-34-21-16-33-15-19(28-25(30)22-23(29)20(32-3)11-12-27-22)26(31)36-17(2)24(21)35-14-18-9-7-6-8-10-18/h6-12,17,19,21,24,29H,4-5,13-16H2,1-3H3,(H,28,30)/t17-,19-,21-,24-/m0/s1. The second kappa shape index (κ2) is 13.8. The predicted octanol–water partition coefficient (Wildman–Crippen LogP) is 2.63. The normalized spacial score (nSPS) is 22.6. The Kier molecular flexibility index (Phi) is 10.5. The molecule has 0 unspecified atom stereocenters.